The molecule has 2 unspecified atom stereocenters. The number of nitrogens with one attached hydrogen (secondary N) is 5. The average Bonchev–Trinajstić information content (AvgIpc) is 3.80. The zero-order valence-electron chi connectivity index (χ0n) is 28.8. The Morgan fingerprint density at radius 2 is 1.70 bits per heavy atom. The fraction of sp³-hybridized carbons (Fsp3) is 0.410. The van der Waals surface area contributed by atoms with Gasteiger partial charge in [0.15, 0.2) is 0 Å². The molecule has 3 aliphatic rings. The Bertz CT molecular complexity index is 1830. The number of amides is 2. The summed E-state index contributed by atoms with van der Waals surface area (Å²) >= 11 is 0. The van der Waals surface area contributed by atoms with Crippen LogP contribution in [0, 0.1) is 24.2 Å². The van der Waals surface area contributed by atoms with Crippen molar-refractivity contribution in [1.29, 1.82) is 0 Å². The van der Waals surface area contributed by atoms with Crippen LogP contribution in [0.5, 0.6) is 0 Å². The summed E-state index contributed by atoms with van der Waals surface area (Å²) in [7, 11) is 0. The number of anilines is 1. The zero-order chi connectivity index (χ0) is 34.7. The minimum absolute atomic E-state index is 0.0724. The summed E-state index contributed by atoms with van der Waals surface area (Å²) < 4.78 is 0. The van der Waals surface area contributed by atoms with E-state index in [9.17, 15) is 9.59 Å². The predicted octanol–water partition coefficient (Wildman–Crippen LogP) is 4.59. The third-order valence-corrected chi connectivity index (χ3v) is 10.9. The number of rotatable bonds is 10. The van der Waals surface area contributed by atoms with Gasteiger partial charge in [0, 0.05) is 47.3 Å². The molecule has 1 aliphatic carbocycles. The van der Waals surface area contributed by atoms with Gasteiger partial charge in [0.05, 0.1) is 0 Å². The van der Waals surface area contributed by atoms with E-state index in [1.54, 1.807) is 12.1 Å². The summed E-state index contributed by atoms with van der Waals surface area (Å²) in [6, 6.07) is 21.9. The molecule has 3 atom stereocenters. The maximum absolute atomic E-state index is 13.7. The summed E-state index contributed by atoms with van der Waals surface area (Å²) in [5.41, 5.74) is 14.3. The molecule has 11 heteroatoms. The van der Waals surface area contributed by atoms with Crippen molar-refractivity contribution in [3.8, 4) is 22.5 Å². The fourth-order valence-electron chi connectivity index (χ4n) is 7.76. The number of carbonyl (C=O) groups is 2. The molecule has 0 bridgehead atoms. The Kier molecular flexibility index (Phi) is 9.78. The molecule has 260 valence electrons. The lowest BCUT2D eigenvalue weighted by atomic mass is 9.80. The standard InChI is InChI=1S/C39H47N9O2/c1-24-19-30(34-21-39(2)23-41-18-17-35(39)43-34)13-16-32(24)27-7-3-25(4-8-27)20-33(44-37(49)29-9-5-26(22-40)6-10-29)38(50)42-31-14-11-28(12-15-31)36-45-47-48-46-36/h3-4,7-8,11-16,19,21,26,29,33,35,41,43H,5-6,9-10,17-18,20,22-23,40H2,1-2H3,(H,42,50)(H,44,49)(H,45,46,47,48)/t26?,29?,33-,35?,39?/m0/s1. The second kappa shape index (κ2) is 14.5. The molecule has 0 spiro atoms. The Hall–Kier alpha value is -4.87. The first kappa shape index (κ1) is 33.6. The van der Waals surface area contributed by atoms with Gasteiger partial charge in [0.1, 0.15) is 6.04 Å². The van der Waals surface area contributed by atoms with Gasteiger partial charge in [0.2, 0.25) is 17.6 Å². The lowest BCUT2D eigenvalue weighted by molar-refractivity contribution is -0.130. The van der Waals surface area contributed by atoms with Gasteiger partial charge < -0.3 is 27.0 Å². The summed E-state index contributed by atoms with van der Waals surface area (Å²) in [5, 5.41) is 27.5. The van der Waals surface area contributed by atoms with Crippen LogP contribution in [-0.4, -0.2) is 64.2 Å². The van der Waals surface area contributed by atoms with Crippen LogP contribution in [0.25, 0.3) is 28.2 Å². The number of tetrazole rings is 1. The van der Waals surface area contributed by atoms with Gasteiger partial charge in [-0.05, 0) is 121 Å². The Morgan fingerprint density at radius 1 is 0.960 bits per heavy atom. The largest absolute Gasteiger partial charge is 0.381 e. The molecule has 7 rings (SSSR count). The molecule has 4 aromatic rings. The van der Waals surface area contributed by atoms with Crippen molar-refractivity contribution in [3.05, 3.63) is 89.5 Å². The van der Waals surface area contributed by atoms with Crippen LogP contribution in [0.15, 0.2) is 72.8 Å². The van der Waals surface area contributed by atoms with E-state index in [0.717, 1.165) is 61.9 Å². The molecule has 11 nitrogen and oxygen atoms in total. The molecule has 2 amide bonds. The van der Waals surface area contributed by atoms with Crippen molar-refractivity contribution >= 4 is 23.2 Å². The van der Waals surface area contributed by atoms with Gasteiger partial charge in [-0.2, -0.15) is 5.21 Å². The van der Waals surface area contributed by atoms with Crippen molar-refractivity contribution in [1.82, 2.24) is 36.6 Å². The van der Waals surface area contributed by atoms with Crippen molar-refractivity contribution < 1.29 is 9.59 Å². The number of hydrogen-bond acceptors (Lipinski definition) is 8. The minimum atomic E-state index is -0.744. The molecule has 3 aromatic carbocycles. The molecule has 7 N–H and O–H groups in total. The van der Waals surface area contributed by atoms with Crippen LogP contribution < -0.4 is 27.0 Å². The lowest BCUT2D eigenvalue weighted by Crippen LogP contribution is -2.49. The first-order valence-electron chi connectivity index (χ1n) is 17.8. The van der Waals surface area contributed by atoms with Gasteiger partial charge >= 0.3 is 0 Å². The van der Waals surface area contributed by atoms with Crippen molar-refractivity contribution in [2.75, 3.05) is 25.0 Å². The first-order chi connectivity index (χ1) is 24.3. The molecule has 50 heavy (non-hydrogen) atoms. The van der Waals surface area contributed by atoms with Crippen LogP contribution >= 0.6 is 0 Å². The molecule has 2 aliphatic heterocycles. The van der Waals surface area contributed by atoms with E-state index in [1.807, 2.05) is 12.1 Å². The van der Waals surface area contributed by atoms with Crippen molar-refractivity contribution in [2.45, 2.75) is 64.5 Å². The fourth-order valence-corrected chi connectivity index (χ4v) is 7.76. The van der Waals surface area contributed by atoms with Crippen LogP contribution in [0.4, 0.5) is 5.69 Å². The summed E-state index contributed by atoms with van der Waals surface area (Å²) in [6.45, 7) is 7.18. The van der Waals surface area contributed by atoms with Crippen molar-refractivity contribution in [2.24, 2.45) is 23.0 Å². The van der Waals surface area contributed by atoms with E-state index in [4.69, 9.17) is 5.73 Å². The number of benzene rings is 3. The maximum atomic E-state index is 13.7. The highest BCUT2D eigenvalue weighted by Gasteiger charge is 2.40. The second-order valence-electron chi connectivity index (χ2n) is 14.5. The number of nitrogens with zero attached hydrogens (tertiary/aromatic N) is 3. The monoisotopic (exact) mass is 673 g/mol. The highest BCUT2D eigenvalue weighted by Crippen LogP contribution is 2.38. The highest BCUT2D eigenvalue weighted by atomic mass is 16.2. The van der Waals surface area contributed by atoms with Crippen LogP contribution in [-0.2, 0) is 16.0 Å². The van der Waals surface area contributed by atoms with E-state index < -0.39 is 6.04 Å². The topological polar surface area (TPSA) is 163 Å². The SMILES string of the molecule is Cc1cc(C2=CC3(C)CNCCC3N2)ccc1-c1ccc(C[C@H](NC(=O)C2CCC(CN)CC2)C(=O)Nc2ccc(-c3nn[nH]n3)cc2)cc1. The highest BCUT2D eigenvalue weighted by molar-refractivity contribution is 5.97. The van der Waals surface area contributed by atoms with E-state index in [0.29, 0.717) is 36.4 Å². The number of piperidine rings is 1. The van der Waals surface area contributed by atoms with E-state index >= 15 is 0 Å². The molecular weight excluding hydrogens is 626 g/mol. The third-order valence-electron chi connectivity index (χ3n) is 10.9. The van der Waals surface area contributed by atoms with Crippen molar-refractivity contribution in [3.63, 3.8) is 0 Å². The van der Waals surface area contributed by atoms with Crippen LogP contribution in [0.1, 0.15) is 55.7 Å². The molecule has 2 fully saturated rings. The van der Waals surface area contributed by atoms with Crippen LogP contribution in [0.2, 0.25) is 0 Å². The van der Waals surface area contributed by atoms with Crippen LogP contribution in [0.3, 0.4) is 0 Å². The molecule has 1 saturated carbocycles. The Balaban J connectivity index is 1.05. The third kappa shape index (κ3) is 7.34. The normalized spacial score (nSPS) is 23.7. The molecule has 0 radical (unpaired) electrons. The van der Waals surface area contributed by atoms with Gasteiger partial charge in [0.25, 0.3) is 0 Å². The number of aromatic amines is 1. The Labute approximate surface area is 293 Å². The van der Waals surface area contributed by atoms with E-state index in [2.05, 4.69) is 104 Å². The summed E-state index contributed by atoms with van der Waals surface area (Å²) in [5.74, 6) is 0.482. The molecule has 1 aromatic heterocycles. The van der Waals surface area contributed by atoms with E-state index in [-0.39, 0.29) is 23.1 Å². The maximum Gasteiger partial charge on any atom is 0.247 e. The molecule has 3 heterocycles. The number of hydrogen-bond donors (Lipinski definition) is 6. The summed E-state index contributed by atoms with van der Waals surface area (Å²) in [4.78, 5) is 27.2. The quantitative estimate of drug-likeness (QED) is 0.143. The number of nitrogens with two attached hydrogens (primary N) is 1. The van der Waals surface area contributed by atoms with Gasteiger partial charge in [-0.1, -0.05) is 49.4 Å². The van der Waals surface area contributed by atoms with Gasteiger partial charge in [-0.25, -0.2) is 0 Å². The molecular formula is C39H47N9O2. The predicted molar refractivity (Wildman–Crippen MR) is 195 cm³/mol. The number of fused-ring (bicyclic) bond motifs is 1. The number of aromatic nitrogens is 4. The number of carbonyl (C=O) groups excluding carboxylic acids is 2. The summed E-state index contributed by atoms with van der Waals surface area (Å²) in [6.07, 6.45) is 7.33. The molecule has 1 saturated heterocycles. The Morgan fingerprint density at radius 3 is 2.38 bits per heavy atom. The zero-order valence-corrected chi connectivity index (χ0v) is 28.8. The minimum Gasteiger partial charge on any atom is -0.381 e. The van der Waals surface area contributed by atoms with Gasteiger partial charge in [-0.15, -0.1) is 10.2 Å². The first-order valence-corrected chi connectivity index (χ1v) is 17.8. The number of aryl methyl sites for hydroxylation is 1. The van der Waals surface area contributed by atoms with Gasteiger partial charge in [-0.3, -0.25) is 9.59 Å². The average molecular weight is 674 g/mol. The second-order valence-corrected chi connectivity index (χ2v) is 14.5. The van der Waals surface area contributed by atoms with E-state index in [1.165, 1.54) is 22.4 Å². The lowest BCUT2D eigenvalue weighted by Gasteiger charge is -2.35. The smallest absolute Gasteiger partial charge is 0.247 e. The number of H-pyrrole nitrogens is 1.